The summed E-state index contributed by atoms with van der Waals surface area (Å²) in [5, 5.41) is 0. The maximum absolute atomic E-state index is 12.6. The minimum absolute atomic E-state index is 0.0289. The lowest BCUT2D eigenvalue weighted by Gasteiger charge is -2.24. The molecule has 1 saturated heterocycles. The van der Waals surface area contributed by atoms with Crippen molar-refractivity contribution in [1.29, 1.82) is 0 Å². The van der Waals surface area contributed by atoms with Crippen molar-refractivity contribution in [2.24, 2.45) is 0 Å². The number of para-hydroxylation sites is 1. The third-order valence-corrected chi connectivity index (χ3v) is 4.12. The van der Waals surface area contributed by atoms with Gasteiger partial charge in [-0.1, -0.05) is 18.2 Å². The van der Waals surface area contributed by atoms with Crippen LogP contribution in [0, 0.1) is 0 Å². The molecule has 2 rings (SSSR count). The summed E-state index contributed by atoms with van der Waals surface area (Å²) in [5.41, 5.74) is 0.823. The average Bonchev–Trinajstić information content (AvgIpc) is 3.16. The first-order valence-electron chi connectivity index (χ1n) is 8.42. The van der Waals surface area contributed by atoms with Crippen LogP contribution in [0.1, 0.15) is 24.8 Å². The Morgan fingerprint density at radius 3 is 2.80 bits per heavy atom. The lowest BCUT2D eigenvalue weighted by molar-refractivity contribution is -0.141. The van der Waals surface area contributed by atoms with Gasteiger partial charge in [-0.2, -0.15) is 0 Å². The number of hydrogen-bond acceptors (Lipinski definition) is 5. The number of carbonyl (C=O) groups excluding carboxylic acids is 2. The van der Waals surface area contributed by atoms with E-state index in [9.17, 15) is 9.59 Å². The fourth-order valence-electron chi connectivity index (χ4n) is 2.72. The molecule has 0 radical (unpaired) electrons. The van der Waals surface area contributed by atoms with Crippen molar-refractivity contribution in [1.82, 2.24) is 4.90 Å². The van der Waals surface area contributed by atoms with Crippen molar-refractivity contribution in [3.05, 3.63) is 35.9 Å². The van der Waals surface area contributed by atoms with Gasteiger partial charge in [0, 0.05) is 31.3 Å². The SMILES string of the molecule is COC(=O)CCN(C[C@H]1CCCO1)C(=O)/C=C/c1ccccc1OC. The lowest BCUT2D eigenvalue weighted by atomic mass is 10.1. The fraction of sp³-hybridized carbons (Fsp3) is 0.474. The van der Waals surface area contributed by atoms with E-state index in [1.807, 2.05) is 24.3 Å². The van der Waals surface area contributed by atoms with E-state index in [1.165, 1.54) is 13.2 Å². The normalized spacial score (nSPS) is 16.8. The molecule has 1 aromatic rings. The first kappa shape index (κ1) is 19.0. The molecule has 0 aromatic heterocycles. The molecule has 25 heavy (non-hydrogen) atoms. The molecule has 1 atom stereocenters. The fourth-order valence-corrected chi connectivity index (χ4v) is 2.72. The summed E-state index contributed by atoms with van der Waals surface area (Å²) in [4.78, 5) is 25.6. The van der Waals surface area contributed by atoms with Crippen LogP contribution in [0.15, 0.2) is 30.3 Å². The van der Waals surface area contributed by atoms with Gasteiger partial charge in [-0.05, 0) is 25.0 Å². The minimum Gasteiger partial charge on any atom is -0.496 e. The highest BCUT2D eigenvalue weighted by Gasteiger charge is 2.22. The summed E-state index contributed by atoms with van der Waals surface area (Å²) >= 11 is 0. The molecule has 1 heterocycles. The number of hydrogen-bond donors (Lipinski definition) is 0. The molecule has 1 aromatic carbocycles. The van der Waals surface area contributed by atoms with Crippen molar-refractivity contribution in [2.75, 3.05) is 33.9 Å². The second kappa shape index (κ2) is 9.84. The van der Waals surface area contributed by atoms with Gasteiger partial charge in [0.25, 0.3) is 0 Å². The minimum atomic E-state index is -0.334. The predicted octanol–water partition coefficient (Wildman–Crippen LogP) is 2.28. The topological polar surface area (TPSA) is 65.1 Å². The molecule has 0 bridgehead atoms. The first-order valence-corrected chi connectivity index (χ1v) is 8.42. The van der Waals surface area contributed by atoms with Crippen molar-refractivity contribution in [2.45, 2.75) is 25.4 Å². The predicted molar refractivity (Wildman–Crippen MR) is 94.2 cm³/mol. The van der Waals surface area contributed by atoms with Crippen LogP contribution in [-0.2, 0) is 19.1 Å². The zero-order chi connectivity index (χ0) is 18.1. The maximum atomic E-state index is 12.6. The molecule has 1 fully saturated rings. The van der Waals surface area contributed by atoms with Crippen molar-refractivity contribution >= 4 is 18.0 Å². The van der Waals surface area contributed by atoms with E-state index < -0.39 is 0 Å². The summed E-state index contributed by atoms with van der Waals surface area (Å²) in [6, 6.07) is 7.47. The Balaban J connectivity index is 2.04. The molecule has 0 spiro atoms. The summed E-state index contributed by atoms with van der Waals surface area (Å²) < 4.78 is 15.6. The number of benzene rings is 1. The number of esters is 1. The third-order valence-electron chi connectivity index (χ3n) is 4.12. The Morgan fingerprint density at radius 1 is 1.32 bits per heavy atom. The van der Waals surface area contributed by atoms with E-state index in [0.717, 1.165) is 25.0 Å². The number of methoxy groups -OCH3 is 2. The van der Waals surface area contributed by atoms with E-state index in [4.69, 9.17) is 9.47 Å². The highest BCUT2D eigenvalue weighted by Crippen LogP contribution is 2.19. The quantitative estimate of drug-likeness (QED) is 0.533. The number of ether oxygens (including phenoxy) is 3. The molecule has 0 aliphatic carbocycles. The van der Waals surface area contributed by atoms with Crippen molar-refractivity contribution < 1.29 is 23.8 Å². The van der Waals surface area contributed by atoms with E-state index in [0.29, 0.717) is 18.8 Å². The van der Waals surface area contributed by atoms with Gasteiger partial charge < -0.3 is 19.1 Å². The van der Waals surface area contributed by atoms with Gasteiger partial charge in [0.1, 0.15) is 5.75 Å². The molecule has 6 heteroatoms. The van der Waals surface area contributed by atoms with Gasteiger partial charge in [-0.15, -0.1) is 0 Å². The van der Waals surface area contributed by atoms with Crippen molar-refractivity contribution in [3.8, 4) is 5.75 Å². The number of carbonyl (C=O) groups is 2. The molecule has 6 nitrogen and oxygen atoms in total. The van der Waals surface area contributed by atoms with Crippen LogP contribution in [-0.4, -0.2) is 56.8 Å². The van der Waals surface area contributed by atoms with Crippen LogP contribution in [0.5, 0.6) is 5.75 Å². The molecule has 0 N–H and O–H groups in total. The van der Waals surface area contributed by atoms with Gasteiger partial charge in [0.15, 0.2) is 0 Å². The summed E-state index contributed by atoms with van der Waals surface area (Å²) in [7, 11) is 2.94. The largest absolute Gasteiger partial charge is 0.496 e. The Bertz CT molecular complexity index is 608. The molecule has 1 aliphatic rings. The van der Waals surface area contributed by atoms with Gasteiger partial charge in [0.2, 0.25) is 5.91 Å². The van der Waals surface area contributed by atoms with Crippen LogP contribution in [0.2, 0.25) is 0 Å². The molecule has 0 unspecified atom stereocenters. The molecular formula is C19H25NO5. The lowest BCUT2D eigenvalue weighted by Crippen LogP contribution is -2.37. The highest BCUT2D eigenvalue weighted by molar-refractivity contribution is 5.92. The van der Waals surface area contributed by atoms with Crippen LogP contribution < -0.4 is 4.74 Å². The number of amides is 1. The average molecular weight is 347 g/mol. The zero-order valence-corrected chi connectivity index (χ0v) is 14.8. The Labute approximate surface area is 148 Å². The highest BCUT2D eigenvalue weighted by atomic mass is 16.5. The van der Waals surface area contributed by atoms with Gasteiger partial charge in [0.05, 0.1) is 26.7 Å². The maximum Gasteiger partial charge on any atom is 0.307 e. The van der Waals surface area contributed by atoms with E-state index in [2.05, 4.69) is 4.74 Å². The standard InChI is InChI=1S/C19H25NO5/c1-23-17-8-4-3-6-15(17)9-10-18(21)20(12-11-19(22)24-2)14-16-7-5-13-25-16/h3-4,6,8-10,16H,5,7,11-14H2,1-2H3/b10-9+/t16-/m1/s1. The first-order chi connectivity index (χ1) is 12.1. The van der Waals surface area contributed by atoms with Gasteiger partial charge >= 0.3 is 5.97 Å². The van der Waals surface area contributed by atoms with Crippen LogP contribution in [0.4, 0.5) is 0 Å². The second-order valence-electron chi connectivity index (χ2n) is 5.82. The van der Waals surface area contributed by atoms with Crippen LogP contribution in [0.25, 0.3) is 6.08 Å². The van der Waals surface area contributed by atoms with Gasteiger partial charge in [-0.3, -0.25) is 9.59 Å². The molecule has 1 aliphatic heterocycles. The second-order valence-corrected chi connectivity index (χ2v) is 5.82. The molecule has 1 amide bonds. The number of nitrogens with zero attached hydrogens (tertiary/aromatic N) is 1. The molecule has 136 valence electrons. The third kappa shape index (κ3) is 5.90. The summed E-state index contributed by atoms with van der Waals surface area (Å²) in [6.45, 7) is 1.51. The zero-order valence-electron chi connectivity index (χ0n) is 14.8. The molecule has 0 saturated carbocycles. The number of rotatable bonds is 8. The monoisotopic (exact) mass is 347 g/mol. The Morgan fingerprint density at radius 2 is 2.12 bits per heavy atom. The Hall–Kier alpha value is -2.34. The summed E-state index contributed by atoms with van der Waals surface area (Å²) in [6.07, 6.45) is 5.35. The molecular weight excluding hydrogens is 322 g/mol. The van der Waals surface area contributed by atoms with Crippen LogP contribution in [0.3, 0.4) is 0 Å². The van der Waals surface area contributed by atoms with Gasteiger partial charge in [-0.25, -0.2) is 0 Å². The van der Waals surface area contributed by atoms with Crippen LogP contribution >= 0.6 is 0 Å². The summed E-state index contributed by atoms with van der Waals surface area (Å²) in [5.74, 6) is 0.205. The van der Waals surface area contributed by atoms with E-state index >= 15 is 0 Å². The van der Waals surface area contributed by atoms with Crippen molar-refractivity contribution in [3.63, 3.8) is 0 Å². The smallest absolute Gasteiger partial charge is 0.307 e. The van der Waals surface area contributed by atoms with E-state index in [-0.39, 0.29) is 24.4 Å². The van der Waals surface area contributed by atoms with E-state index in [1.54, 1.807) is 18.1 Å². The Kier molecular flexibility index (Phi) is 7.47.